The van der Waals surface area contributed by atoms with Gasteiger partial charge in [-0.3, -0.25) is 4.79 Å². The van der Waals surface area contributed by atoms with Crippen LogP contribution in [0, 0.1) is 5.82 Å². The molecule has 28 heavy (non-hydrogen) atoms. The second kappa shape index (κ2) is 8.77. The second-order valence-electron chi connectivity index (χ2n) is 5.90. The minimum absolute atomic E-state index is 0.0228. The predicted octanol–water partition coefficient (Wildman–Crippen LogP) is 4.44. The number of allylic oxidation sites excluding steroid dienone is 4. The third-order valence-corrected chi connectivity index (χ3v) is 3.90. The highest BCUT2D eigenvalue weighted by molar-refractivity contribution is 5.91. The van der Waals surface area contributed by atoms with Crippen molar-refractivity contribution in [1.82, 2.24) is 4.98 Å². The minimum Gasteiger partial charge on any atom is -0.507 e. The number of amides is 1. The van der Waals surface area contributed by atoms with E-state index in [1.807, 2.05) is 0 Å². The number of pyridine rings is 1. The zero-order chi connectivity index (χ0) is 20.8. The van der Waals surface area contributed by atoms with Crippen LogP contribution in [0.2, 0.25) is 0 Å². The lowest BCUT2D eigenvalue weighted by molar-refractivity contribution is -0.114. The van der Waals surface area contributed by atoms with Gasteiger partial charge in [0, 0.05) is 18.7 Å². The van der Waals surface area contributed by atoms with Crippen LogP contribution in [-0.4, -0.2) is 27.1 Å². The molecule has 0 atom stereocenters. The number of carbonyl (C=O) groups is 2. The Labute approximate surface area is 161 Å². The molecule has 0 saturated heterocycles. The molecule has 0 unspecified atom stereocenters. The first kappa shape index (κ1) is 20.6. The SMILES string of the molecule is C=C/C=C(\C(O)=C(/C)c1ccnc(C(=O)O)c1)c1ccc(NC(C)=O)c(F)c1. The number of aliphatic hydroxyl groups excluding tert-OH is 1. The van der Waals surface area contributed by atoms with E-state index >= 15 is 0 Å². The van der Waals surface area contributed by atoms with Gasteiger partial charge in [0.1, 0.15) is 17.3 Å². The number of carbonyl (C=O) groups excluding carboxylic acids is 1. The summed E-state index contributed by atoms with van der Waals surface area (Å²) >= 11 is 0. The summed E-state index contributed by atoms with van der Waals surface area (Å²) in [6.07, 6.45) is 4.27. The zero-order valence-electron chi connectivity index (χ0n) is 15.4. The van der Waals surface area contributed by atoms with E-state index in [4.69, 9.17) is 5.11 Å². The Hall–Kier alpha value is -3.74. The van der Waals surface area contributed by atoms with Crippen LogP contribution in [0.15, 0.2) is 61.0 Å². The highest BCUT2D eigenvalue weighted by Crippen LogP contribution is 2.30. The largest absolute Gasteiger partial charge is 0.507 e. The van der Waals surface area contributed by atoms with Crippen molar-refractivity contribution >= 4 is 28.7 Å². The van der Waals surface area contributed by atoms with Gasteiger partial charge in [-0.1, -0.05) is 24.8 Å². The molecule has 0 radical (unpaired) electrons. The molecular weight excluding hydrogens is 363 g/mol. The quantitative estimate of drug-likeness (QED) is 0.507. The van der Waals surface area contributed by atoms with Crippen LogP contribution < -0.4 is 5.32 Å². The van der Waals surface area contributed by atoms with Crippen molar-refractivity contribution in [3.05, 3.63) is 83.7 Å². The topological polar surface area (TPSA) is 99.5 Å². The van der Waals surface area contributed by atoms with Gasteiger partial charge < -0.3 is 15.5 Å². The standard InChI is InChI=1S/C21H19FN2O4/c1-4-5-16(15-6-7-18(17(22)10-15)24-13(3)25)20(26)12(2)14-8-9-23-19(11-14)21(27)28/h4-11,26H,1H2,2-3H3,(H,24,25)(H,27,28)/b16-5-,20-12-. The monoisotopic (exact) mass is 382 g/mol. The van der Waals surface area contributed by atoms with Crippen molar-refractivity contribution in [3.8, 4) is 0 Å². The summed E-state index contributed by atoms with van der Waals surface area (Å²) in [6, 6.07) is 7.01. The van der Waals surface area contributed by atoms with Crippen LogP contribution in [0.5, 0.6) is 0 Å². The van der Waals surface area contributed by atoms with Gasteiger partial charge in [0.2, 0.25) is 5.91 Å². The third-order valence-electron chi connectivity index (χ3n) is 3.90. The second-order valence-corrected chi connectivity index (χ2v) is 5.90. The number of hydrogen-bond donors (Lipinski definition) is 3. The van der Waals surface area contributed by atoms with Crippen molar-refractivity contribution in [2.24, 2.45) is 0 Å². The summed E-state index contributed by atoms with van der Waals surface area (Å²) in [7, 11) is 0. The number of carboxylic acid groups (broad SMARTS) is 1. The molecule has 1 heterocycles. The van der Waals surface area contributed by atoms with Crippen molar-refractivity contribution in [1.29, 1.82) is 0 Å². The van der Waals surface area contributed by atoms with E-state index in [-0.39, 0.29) is 22.7 Å². The number of aromatic carboxylic acids is 1. The molecule has 3 N–H and O–H groups in total. The summed E-state index contributed by atoms with van der Waals surface area (Å²) < 4.78 is 14.3. The smallest absolute Gasteiger partial charge is 0.354 e. The van der Waals surface area contributed by atoms with Gasteiger partial charge in [-0.15, -0.1) is 0 Å². The number of nitrogens with one attached hydrogen (secondary N) is 1. The molecule has 6 nitrogen and oxygen atoms in total. The molecule has 1 amide bonds. The lowest BCUT2D eigenvalue weighted by Crippen LogP contribution is -2.07. The number of halogens is 1. The van der Waals surface area contributed by atoms with Crippen LogP contribution in [0.1, 0.15) is 35.5 Å². The van der Waals surface area contributed by atoms with E-state index < -0.39 is 17.7 Å². The van der Waals surface area contributed by atoms with E-state index in [2.05, 4.69) is 16.9 Å². The fourth-order valence-corrected chi connectivity index (χ4v) is 2.52. The van der Waals surface area contributed by atoms with Crippen LogP contribution in [0.4, 0.5) is 10.1 Å². The Morgan fingerprint density at radius 1 is 1.14 bits per heavy atom. The summed E-state index contributed by atoms with van der Waals surface area (Å²) in [4.78, 5) is 26.0. The van der Waals surface area contributed by atoms with Gasteiger partial charge in [-0.05, 0) is 47.9 Å². The maximum absolute atomic E-state index is 14.3. The fraction of sp³-hybridized carbons (Fsp3) is 0.0952. The molecule has 7 heteroatoms. The van der Waals surface area contributed by atoms with Crippen molar-refractivity contribution in [2.45, 2.75) is 13.8 Å². The minimum atomic E-state index is -1.19. The van der Waals surface area contributed by atoms with E-state index in [1.54, 1.807) is 19.1 Å². The lowest BCUT2D eigenvalue weighted by Gasteiger charge is -2.13. The Balaban J connectivity index is 2.52. The molecule has 0 bridgehead atoms. The number of nitrogens with zero attached hydrogens (tertiary/aromatic N) is 1. The third kappa shape index (κ3) is 4.70. The summed E-state index contributed by atoms with van der Waals surface area (Å²) in [6.45, 7) is 6.49. The highest BCUT2D eigenvalue weighted by Gasteiger charge is 2.15. The highest BCUT2D eigenvalue weighted by atomic mass is 19.1. The van der Waals surface area contributed by atoms with Crippen LogP contribution in [0.25, 0.3) is 11.1 Å². The molecule has 2 aromatic rings. The first-order valence-electron chi connectivity index (χ1n) is 8.24. The van der Waals surface area contributed by atoms with Gasteiger partial charge in [-0.2, -0.15) is 0 Å². The van der Waals surface area contributed by atoms with E-state index in [9.17, 15) is 19.1 Å². The normalized spacial score (nSPS) is 12.2. The molecule has 0 fully saturated rings. The van der Waals surface area contributed by atoms with Crippen molar-refractivity contribution in [3.63, 3.8) is 0 Å². The van der Waals surface area contributed by atoms with Gasteiger partial charge in [0.15, 0.2) is 0 Å². The van der Waals surface area contributed by atoms with E-state index in [1.165, 1.54) is 43.5 Å². The Bertz CT molecular complexity index is 1010. The van der Waals surface area contributed by atoms with Crippen LogP contribution in [0.3, 0.4) is 0 Å². The summed E-state index contributed by atoms with van der Waals surface area (Å²) in [5.74, 6) is -2.43. The molecule has 2 rings (SSSR count). The Morgan fingerprint density at radius 3 is 2.43 bits per heavy atom. The van der Waals surface area contributed by atoms with Gasteiger partial charge in [-0.25, -0.2) is 14.2 Å². The number of anilines is 1. The maximum Gasteiger partial charge on any atom is 0.354 e. The van der Waals surface area contributed by atoms with Crippen LogP contribution >= 0.6 is 0 Å². The van der Waals surface area contributed by atoms with E-state index in [0.29, 0.717) is 16.7 Å². The molecule has 0 saturated carbocycles. The van der Waals surface area contributed by atoms with Crippen LogP contribution in [-0.2, 0) is 4.79 Å². The molecule has 144 valence electrons. The number of benzene rings is 1. The van der Waals surface area contributed by atoms with Crippen molar-refractivity contribution < 1.29 is 24.2 Å². The molecule has 0 aliphatic rings. The summed E-state index contributed by atoms with van der Waals surface area (Å²) in [5.41, 5.74) is 1.34. The van der Waals surface area contributed by atoms with Crippen molar-refractivity contribution in [2.75, 3.05) is 5.32 Å². The first-order valence-corrected chi connectivity index (χ1v) is 8.24. The molecule has 1 aromatic heterocycles. The lowest BCUT2D eigenvalue weighted by atomic mass is 9.97. The van der Waals surface area contributed by atoms with Gasteiger partial charge >= 0.3 is 5.97 Å². The number of aromatic nitrogens is 1. The maximum atomic E-state index is 14.3. The number of hydrogen-bond acceptors (Lipinski definition) is 4. The average Bonchev–Trinajstić information content (AvgIpc) is 2.66. The Kier molecular flexibility index (Phi) is 6.44. The van der Waals surface area contributed by atoms with Gasteiger partial charge in [0.05, 0.1) is 5.69 Å². The number of aliphatic hydroxyl groups is 1. The average molecular weight is 382 g/mol. The summed E-state index contributed by atoms with van der Waals surface area (Å²) in [5, 5.41) is 22.2. The first-order chi connectivity index (χ1) is 13.2. The molecule has 0 aliphatic carbocycles. The number of rotatable bonds is 6. The zero-order valence-corrected chi connectivity index (χ0v) is 15.4. The molecule has 0 spiro atoms. The van der Waals surface area contributed by atoms with E-state index in [0.717, 1.165) is 0 Å². The molecule has 1 aromatic carbocycles. The molecule has 0 aliphatic heterocycles. The Morgan fingerprint density at radius 2 is 1.86 bits per heavy atom. The molecular formula is C21H19FN2O4. The van der Waals surface area contributed by atoms with Gasteiger partial charge in [0.25, 0.3) is 0 Å². The number of carboxylic acids is 1. The predicted molar refractivity (Wildman–Crippen MR) is 105 cm³/mol. The fourth-order valence-electron chi connectivity index (χ4n) is 2.52.